The van der Waals surface area contributed by atoms with Crippen molar-refractivity contribution in [2.45, 2.75) is 255 Å². The van der Waals surface area contributed by atoms with E-state index in [4.69, 9.17) is 9.47 Å². The molecule has 0 aliphatic carbocycles. The van der Waals surface area contributed by atoms with Crippen molar-refractivity contribution in [1.29, 1.82) is 0 Å². The van der Waals surface area contributed by atoms with Crippen LogP contribution in [0.15, 0.2) is 0 Å². The van der Waals surface area contributed by atoms with Gasteiger partial charge in [-0.25, -0.2) is 0 Å². The van der Waals surface area contributed by atoms with Crippen LogP contribution in [0.3, 0.4) is 0 Å². The summed E-state index contributed by atoms with van der Waals surface area (Å²) in [6, 6.07) is -1.16. The van der Waals surface area contributed by atoms with Gasteiger partial charge in [0.15, 0.2) is 6.29 Å². The van der Waals surface area contributed by atoms with E-state index in [0.29, 0.717) is 19.3 Å². The van der Waals surface area contributed by atoms with Gasteiger partial charge in [0.1, 0.15) is 36.6 Å². The van der Waals surface area contributed by atoms with Crippen LogP contribution in [0.25, 0.3) is 0 Å². The second-order valence-corrected chi connectivity index (χ2v) is 16.1. The lowest BCUT2D eigenvalue weighted by Gasteiger charge is -2.40. The number of aliphatic hydroxyl groups excluding tert-OH is 7. The number of nitrogens with one attached hydrogen (secondary N) is 1. The fourth-order valence-electron chi connectivity index (χ4n) is 7.38. The Kier molecular flexibility index (Phi) is 32.4. The van der Waals surface area contributed by atoms with E-state index in [-0.39, 0.29) is 6.42 Å². The highest BCUT2D eigenvalue weighted by atomic mass is 16.7. The molecule has 0 aromatic heterocycles. The summed E-state index contributed by atoms with van der Waals surface area (Å²) < 4.78 is 11.1. The van der Waals surface area contributed by atoms with Gasteiger partial charge in [0.05, 0.1) is 25.4 Å². The molecule has 1 aliphatic rings. The van der Waals surface area contributed by atoms with Crippen LogP contribution in [0.5, 0.6) is 0 Å². The first kappa shape index (κ1) is 51.1. The summed E-state index contributed by atoms with van der Waals surface area (Å²) >= 11 is 0. The summed E-state index contributed by atoms with van der Waals surface area (Å²) in [4.78, 5) is 13.0. The zero-order chi connectivity index (χ0) is 39.8. The van der Waals surface area contributed by atoms with Gasteiger partial charge in [-0.2, -0.15) is 0 Å². The molecule has 0 spiro atoms. The molecule has 0 aromatic rings. The maximum atomic E-state index is 13.0. The summed E-state index contributed by atoms with van der Waals surface area (Å²) in [7, 11) is 0. The summed E-state index contributed by atoms with van der Waals surface area (Å²) in [6.45, 7) is 3.43. The van der Waals surface area contributed by atoms with E-state index in [1.165, 1.54) is 122 Å². The van der Waals surface area contributed by atoms with Crippen LogP contribution < -0.4 is 5.32 Å². The van der Waals surface area contributed by atoms with Crippen molar-refractivity contribution in [2.24, 2.45) is 0 Å². The maximum Gasteiger partial charge on any atom is 0.249 e. The van der Waals surface area contributed by atoms with Crippen molar-refractivity contribution >= 4 is 5.91 Å². The van der Waals surface area contributed by atoms with Gasteiger partial charge in [-0.1, -0.05) is 187 Å². The average molecular weight is 776 g/mol. The largest absolute Gasteiger partial charge is 0.394 e. The Balaban J connectivity index is 2.48. The molecule has 322 valence electrons. The summed E-state index contributed by atoms with van der Waals surface area (Å²) in [5.74, 6) is -0.695. The Morgan fingerprint density at radius 2 is 0.963 bits per heavy atom. The Bertz CT molecular complexity index is 851. The molecule has 1 heterocycles. The number of rotatable bonds is 37. The summed E-state index contributed by atoms with van der Waals surface area (Å²) in [6.07, 6.45) is 21.5. The Morgan fingerprint density at radius 1 is 0.574 bits per heavy atom. The molecule has 1 rings (SSSR count). The minimum Gasteiger partial charge on any atom is -0.394 e. The summed E-state index contributed by atoms with van der Waals surface area (Å²) in [5, 5.41) is 75.5. The van der Waals surface area contributed by atoms with Gasteiger partial charge < -0.3 is 50.5 Å². The fraction of sp³-hybridized carbons (Fsp3) is 0.977. The van der Waals surface area contributed by atoms with Gasteiger partial charge in [0, 0.05) is 0 Å². The molecule has 11 nitrogen and oxygen atoms in total. The van der Waals surface area contributed by atoms with E-state index in [2.05, 4.69) is 19.2 Å². The van der Waals surface area contributed by atoms with Gasteiger partial charge >= 0.3 is 0 Å². The molecule has 54 heavy (non-hydrogen) atoms. The van der Waals surface area contributed by atoms with Crippen molar-refractivity contribution in [2.75, 3.05) is 13.2 Å². The first-order valence-electron chi connectivity index (χ1n) is 22.4. The smallest absolute Gasteiger partial charge is 0.249 e. The van der Waals surface area contributed by atoms with Crippen molar-refractivity contribution in [3.05, 3.63) is 0 Å². The number of hydrogen-bond acceptors (Lipinski definition) is 10. The second kappa shape index (κ2) is 34.2. The van der Waals surface area contributed by atoms with E-state index in [9.17, 15) is 40.5 Å². The number of amides is 1. The predicted molar refractivity (Wildman–Crippen MR) is 215 cm³/mol. The van der Waals surface area contributed by atoms with Crippen LogP contribution in [0.1, 0.15) is 200 Å². The number of carbonyl (C=O) groups excluding carboxylic acids is 1. The molecule has 0 aromatic carbocycles. The average Bonchev–Trinajstić information content (AvgIpc) is 3.17. The minimum absolute atomic E-state index is 0.266. The fourth-order valence-corrected chi connectivity index (χ4v) is 7.38. The van der Waals surface area contributed by atoms with Crippen molar-refractivity contribution in [3.63, 3.8) is 0 Å². The van der Waals surface area contributed by atoms with E-state index in [1.54, 1.807) is 0 Å². The molecule has 0 radical (unpaired) electrons. The molecule has 1 saturated heterocycles. The molecular formula is C43H85NO10. The predicted octanol–water partition coefficient (Wildman–Crippen LogP) is 6.72. The standard InChI is InChI=1S/C43H85NO10/c1-3-5-7-9-11-13-15-17-19-21-23-25-27-29-31-36(47)42(52)44-34(33-53-43-41(51)40(50)39(49)37(32-45)54-43)38(48)35(46)30-28-26-24-22-20-18-16-14-12-10-8-6-4-2/h34-41,43,45-51H,3-33H2,1-2H3,(H,44,52)/t34-,35+,36+,37+,38-,39+,40-,41+,43+/m0/s1. The van der Waals surface area contributed by atoms with Crippen molar-refractivity contribution in [1.82, 2.24) is 5.32 Å². The van der Waals surface area contributed by atoms with Crippen LogP contribution in [0.2, 0.25) is 0 Å². The minimum atomic E-state index is -1.65. The Labute approximate surface area is 329 Å². The third-order valence-corrected chi connectivity index (χ3v) is 11.2. The molecule has 0 unspecified atom stereocenters. The highest BCUT2D eigenvalue weighted by Crippen LogP contribution is 2.23. The highest BCUT2D eigenvalue weighted by Gasteiger charge is 2.44. The van der Waals surface area contributed by atoms with Crippen LogP contribution >= 0.6 is 0 Å². The summed E-state index contributed by atoms with van der Waals surface area (Å²) in [5.41, 5.74) is 0. The zero-order valence-corrected chi connectivity index (χ0v) is 34.5. The van der Waals surface area contributed by atoms with Gasteiger partial charge in [-0.3, -0.25) is 4.79 Å². The number of aliphatic hydroxyl groups is 7. The molecule has 11 heteroatoms. The van der Waals surface area contributed by atoms with Crippen molar-refractivity contribution < 1.29 is 50.0 Å². The molecular weight excluding hydrogens is 690 g/mol. The number of unbranched alkanes of at least 4 members (excludes halogenated alkanes) is 25. The van der Waals surface area contributed by atoms with Gasteiger partial charge in [-0.15, -0.1) is 0 Å². The molecule has 0 bridgehead atoms. The molecule has 1 amide bonds. The molecule has 1 aliphatic heterocycles. The van der Waals surface area contributed by atoms with E-state index in [0.717, 1.165) is 38.5 Å². The van der Waals surface area contributed by atoms with Crippen molar-refractivity contribution in [3.8, 4) is 0 Å². The van der Waals surface area contributed by atoms with E-state index >= 15 is 0 Å². The highest BCUT2D eigenvalue weighted by molar-refractivity contribution is 5.80. The molecule has 9 atom stereocenters. The zero-order valence-electron chi connectivity index (χ0n) is 34.5. The van der Waals surface area contributed by atoms with Crippen LogP contribution in [-0.2, 0) is 14.3 Å². The Morgan fingerprint density at radius 3 is 1.37 bits per heavy atom. The van der Waals surface area contributed by atoms with Crippen LogP contribution in [-0.4, -0.2) is 110 Å². The molecule has 1 fully saturated rings. The number of hydrogen-bond donors (Lipinski definition) is 8. The van der Waals surface area contributed by atoms with E-state index in [1.807, 2.05) is 0 Å². The van der Waals surface area contributed by atoms with Crippen LogP contribution in [0, 0.1) is 0 Å². The monoisotopic (exact) mass is 776 g/mol. The lowest BCUT2D eigenvalue weighted by atomic mass is 9.98. The number of ether oxygens (including phenoxy) is 2. The topological polar surface area (TPSA) is 189 Å². The number of carbonyl (C=O) groups is 1. The maximum absolute atomic E-state index is 13.0. The van der Waals surface area contributed by atoms with Crippen LogP contribution in [0.4, 0.5) is 0 Å². The van der Waals surface area contributed by atoms with Gasteiger partial charge in [0.25, 0.3) is 0 Å². The third kappa shape index (κ3) is 24.0. The molecule has 8 N–H and O–H groups in total. The third-order valence-electron chi connectivity index (χ3n) is 11.2. The van der Waals surface area contributed by atoms with E-state index < -0.39 is 74.2 Å². The molecule has 0 saturated carbocycles. The first-order valence-corrected chi connectivity index (χ1v) is 22.4. The van der Waals surface area contributed by atoms with Gasteiger partial charge in [-0.05, 0) is 12.8 Å². The normalized spacial score (nSPS) is 22.6. The second-order valence-electron chi connectivity index (χ2n) is 16.1. The Hall–Kier alpha value is -0.890. The lowest BCUT2D eigenvalue weighted by molar-refractivity contribution is -0.303. The lowest BCUT2D eigenvalue weighted by Crippen LogP contribution is -2.60. The first-order chi connectivity index (χ1) is 26.2. The quantitative estimate of drug-likeness (QED) is 0.0315. The SMILES string of the molecule is CCCCCCCCCCCCCCCC[C@@H](O)C(=O)N[C@@H](CO[C@@H]1O[C@H](CO)[C@@H](O)[C@H](O)[C@H]1O)[C@H](O)[C@H](O)CCCCCCCCCCCCCCC. The van der Waals surface area contributed by atoms with Gasteiger partial charge in [0.2, 0.25) is 5.91 Å².